The van der Waals surface area contributed by atoms with Gasteiger partial charge in [0.15, 0.2) is 0 Å². The predicted molar refractivity (Wildman–Crippen MR) is 57.8 cm³/mol. The Morgan fingerprint density at radius 2 is 1.77 bits per heavy atom. The zero-order chi connectivity index (χ0) is 10.1. The summed E-state index contributed by atoms with van der Waals surface area (Å²) in [6.07, 6.45) is 4.58. The van der Waals surface area contributed by atoms with Gasteiger partial charge in [-0.05, 0) is 25.2 Å². The highest BCUT2D eigenvalue weighted by Gasteiger charge is 2.05. The molecule has 0 aliphatic carbocycles. The van der Waals surface area contributed by atoms with E-state index in [0.29, 0.717) is 12.0 Å². The van der Waals surface area contributed by atoms with E-state index >= 15 is 0 Å². The molecule has 0 saturated carbocycles. The molecule has 13 heavy (non-hydrogen) atoms. The smallest absolute Gasteiger partial charge is 0.0466 e. The SMILES string of the molecule is CCCCOCCCC(N)C(C)C. The molecule has 0 saturated heterocycles. The largest absolute Gasteiger partial charge is 0.381 e. The Bertz CT molecular complexity index is 104. The summed E-state index contributed by atoms with van der Waals surface area (Å²) in [5.74, 6) is 0.593. The quantitative estimate of drug-likeness (QED) is 0.593. The van der Waals surface area contributed by atoms with Crippen LogP contribution in [0, 0.1) is 5.92 Å². The molecule has 2 nitrogen and oxygen atoms in total. The van der Waals surface area contributed by atoms with Crippen molar-refractivity contribution in [2.45, 2.75) is 52.5 Å². The van der Waals surface area contributed by atoms with Crippen LogP contribution in [0.4, 0.5) is 0 Å². The molecule has 0 bridgehead atoms. The van der Waals surface area contributed by atoms with E-state index in [9.17, 15) is 0 Å². The molecule has 0 aromatic heterocycles. The molecule has 0 radical (unpaired) electrons. The maximum Gasteiger partial charge on any atom is 0.0466 e. The molecule has 1 unspecified atom stereocenters. The number of unbranched alkanes of at least 4 members (excludes halogenated alkanes) is 1. The summed E-state index contributed by atoms with van der Waals surface area (Å²) in [5.41, 5.74) is 5.90. The minimum absolute atomic E-state index is 0.342. The van der Waals surface area contributed by atoms with Crippen LogP contribution in [0.25, 0.3) is 0 Å². The number of hydrogen-bond acceptors (Lipinski definition) is 2. The predicted octanol–water partition coefficient (Wildman–Crippen LogP) is 2.57. The molecular formula is C11H25NO. The lowest BCUT2D eigenvalue weighted by atomic mass is 10.0. The third-order valence-electron chi connectivity index (χ3n) is 2.32. The second-order valence-corrected chi connectivity index (χ2v) is 4.02. The summed E-state index contributed by atoms with van der Waals surface area (Å²) in [7, 11) is 0. The highest BCUT2D eigenvalue weighted by molar-refractivity contribution is 4.64. The second kappa shape index (κ2) is 8.52. The van der Waals surface area contributed by atoms with Crippen LogP contribution in [0.15, 0.2) is 0 Å². The van der Waals surface area contributed by atoms with Gasteiger partial charge >= 0.3 is 0 Å². The van der Waals surface area contributed by atoms with Gasteiger partial charge in [-0.3, -0.25) is 0 Å². The minimum atomic E-state index is 0.342. The van der Waals surface area contributed by atoms with E-state index < -0.39 is 0 Å². The fourth-order valence-electron chi connectivity index (χ4n) is 1.10. The van der Waals surface area contributed by atoms with E-state index in [2.05, 4.69) is 20.8 Å². The first-order valence-corrected chi connectivity index (χ1v) is 5.51. The van der Waals surface area contributed by atoms with E-state index in [1.54, 1.807) is 0 Å². The third kappa shape index (κ3) is 8.26. The average Bonchev–Trinajstić information content (AvgIpc) is 2.10. The highest BCUT2D eigenvalue weighted by Crippen LogP contribution is 2.05. The molecule has 0 aromatic carbocycles. The second-order valence-electron chi connectivity index (χ2n) is 4.02. The lowest BCUT2D eigenvalue weighted by Gasteiger charge is -2.14. The minimum Gasteiger partial charge on any atom is -0.381 e. The van der Waals surface area contributed by atoms with Crippen molar-refractivity contribution >= 4 is 0 Å². The first kappa shape index (κ1) is 12.9. The van der Waals surface area contributed by atoms with Gasteiger partial charge < -0.3 is 10.5 Å². The van der Waals surface area contributed by atoms with Crippen LogP contribution in [0.1, 0.15) is 46.5 Å². The molecule has 0 aromatic rings. The van der Waals surface area contributed by atoms with E-state index in [-0.39, 0.29) is 0 Å². The van der Waals surface area contributed by atoms with Crippen molar-refractivity contribution in [3.8, 4) is 0 Å². The topological polar surface area (TPSA) is 35.2 Å². The van der Waals surface area contributed by atoms with Crippen molar-refractivity contribution in [3.63, 3.8) is 0 Å². The van der Waals surface area contributed by atoms with Crippen molar-refractivity contribution in [3.05, 3.63) is 0 Å². The van der Waals surface area contributed by atoms with Crippen molar-refractivity contribution < 1.29 is 4.74 Å². The average molecular weight is 187 g/mol. The number of ether oxygens (including phenoxy) is 1. The normalized spacial score (nSPS) is 13.6. The van der Waals surface area contributed by atoms with Crippen LogP contribution in [-0.4, -0.2) is 19.3 Å². The molecule has 0 heterocycles. The van der Waals surface area contributed by atoms with Gasteiger partial charge in [0, 0.05) is 19.3 Å². The van der Waals surface area contributed by atoms with E-state index in [4.69, 9.17) is 10.5 Å². The highest BCUT2D eigenvalue weighted by atomic mass is 16.5. The van der Waals surface area contributed by atoms with Crippen LogP contribution in [-0.2, 0) is 4.74 Å². The molecule has 0 spiro atoms. The fourth-order valence-corrected chi connectivity index (χ4v) is 1.10. The first-order chi connectivity index (χ1) is 6.18. The van der Waals surface area contributed by atoms with Gasteiger partial charge in [0.2, 0.25) is 0 Å². The van der Waals surface area contributed by atoms with Crippen molar-refractivity contribution in [2.75, 3.05) is 13.2 Å². The molecule has 1 atom stereocenters. The van der Waals surface area contributed by atoms with E-state index in [1.165, 1.54) is 12.8 Å². The van der Waals surface area contributed by atoms with Gasteiger partial charge in [0.1, 0.15) is 0 Å². The summed E-state index contributed by atoms with van der Waals surface area (Å²) in [4.78, 5) is 0. The van der Waals surface area contributed by atoms with Crippen molar-refractivity contribution in [1.82, 2.24) is 0 Å². The summed E-state index contributed by atoms with van der Waals surface area (Å²) in [6.45, 7) is 8.30. The first-order valence-electron chi connectivity index (χ1n) is 5.51. The zero-order valence-corrected chi connectivity index (χ0v) is 9.38. The van der Waals surface area contributed by atoms with Crippen LogP contribution in [0.3, 0.4) is 0 Å². The summed E-state index contributed by atoms with van der Waals surface area (Å²) < 4.78 is 5.45. The molecule has 0 fully saturated rings. The van der Waals surface area contributed by atoms with E-state index in [0.717, 1.165) is 26.1 Å². The Morgan fingerprint density at radius 3 is 2.31 bits per heavy atom. The Kier molecular flexibility index (Phi) is 8.46. The Balaban J connectivity index is 3.07. The van der Waals surface area contributed by atoms with Crippen molar-refractivity contribution in [1.29, 1.82) is 0 Å². The zero-order valence-electron chi connectivity index (χ0n) is 9.38. The fraction of sp³-hybridized carbons (Fsp3) is 1.00. The lowest BCUT2D eigenvalue weighted by Crippen LogP contribution is -2.26. The molecule has 0 aliphatic heterocycles. The molecule has 80 valence electrons. The Morgan fingerprint density at radius 1 is 1.15 bits per heavy atom. The number of nitrogens with two attached hydrogens (primary N) is 1. The summed E-state index contributed by atoms with van der Waals surface area (Å²) >= 11 is 0. The Labute approximate surface area is 82.8 Å². The number of hydrogen-bond donors (Lipinski definition) is 1. The third-order valence-corrected chi connectivity index (χ3v) is 2.32. The van der Waals surface area contributed by atoms with Gasteiger partial charge in [-0.25, -0.2) is 0 Å². The maximum atomic E-state index is 5.90. The van der Waals surface area contributed by atoms with Crippen molar-refractivity contribution in [2.24, 2.45) is 11.7 Å². The lowest BCUT2D eigenvalue weighted by molar-refractivity contribution is 0.125. The summed E-state index contributed by atoms with van der Waals surface area (Å²) in [6, 6.07) is 0.342. The van der Waals surface area contributed by atoms with Crippen LogP contribution < -0.4 is 5.73 Å². The standard InChI is InChI=1S/C11H25NO/c1-4-5-8-13-9-6-7-11(12)10(2)3/h10-11H,4-9,12H2,1-3H3. The number of rotatable bonds is 8. The van der Waals surface area contributed by atoms with Gasteiger partial charge in [-0.2, -0.15) is 0 Å². The molecule has 2 N–H and O–H groups in total. The Hall–Kier alpha value is -0.0800. The molecule has 0 rings (SSSR count). The summed E-state index contributed by atoms with van der Waals surface area (Å²) in [5, 5.41) is 0. The van der Waals surface area contributed by atoms with Gasteiger partial charge in [-0.1, -0.05) is 27.2 Å². The molecular weight excluding hydrogens is 162 g/mol. The molecule has 0 aliphatic rings. The van der Waals surface area contributed by atoms with Crippen LogP contribution in [0.5, 0.6) is 0 Å². The van der Waals surface area contributed by atoms with Gasteiger partial charge in [0.05, 0.1) is 0 Å². The van der Waals surface area contributed by atoms with E-state index in [1.807, 2.05) is 0 Å². The maximum absolute atomic E-state index is 5.90. The molecule has 2 heteroatoms. The molecule has 0 amide bonds. The van der Waals surface area contributed by atoms with Gasteiger partial charge in [-0.15, -0.1) is 0 Å². The van der Waals surface area contributed by atoms with Gasteiger partial charge in [0.25, 0.3) is 0 Å². The van der Waals surface area contributed by atoms with Crippen LogP contribution in [0.2, 0.25) is 0 Å². The van der Waals surface area contributed by atoms with Crippen LogP contribution >= 0.6 is 0 Å². The monoisotopic (exact) mass is 187 g/mol.